The number of hydrogen-bond donors (Lipinski definition) is 2. The molecular formula is C12H19ClN2OS. The lowest BCUT2D eigenvalue weighted by molar-refractivity contribution is -0.120. The number of nitrogens with two attached hydrogens (primary N) is 1. The summed E-state index contributed by atoms with van der Waals surface area (Å²) in [6, 6.07) is 7.72. The minimum Gasteiger partial charge on any atom is -0.399 e. The molecule has 0 aliphatic carbocycles. The Morgan fingerprint density at radius 2 is 2.00 bits per heavy atom. The highest BCUT2D eigenvalue weighted by Crippen LogP contribution is 2.06. The van der Waals surface area contributed by atoms with Crippen LogP contribution in [-0.2, 0) is 11.2 Å². The molecule has 1 aromatic rings. The molecule has 1 amide bonds. The fourth-order valence-electron chi connectivity index (χ4n) is 1.27. The van der Waals surface area contributed by atoms with E-state index in [9.17, 15) is 4.79 Å². The van der Waals surface area contributed by atoms with Gasteiger partial charge in [0.1, 0.15) is 0 Å². The highest BCUT2D eigenvalue weighted by Gasteiger charge is 2.09. The number of amides is 1. The number of carbonyl (C=O) groups excluding carboxylic acids is 1. The van der Waals surface area contributed by atoms with E-state index < -0.39 is 0 Å². The molecule has 0 aromatic heterocycles. The van der Waals surface area contributed by atoms with Crippen LogP contribution >= 0.6 is 24.2 Å². The Labute approximate surface area is 113 Å². The zero-order valence-electron chi connectivity index (χ0n) is 10.1. The van der Waals surface area contributed by atoms with E-state index in [1.165, 1.54) is 5.56 Å². The molecule has 0 bridgehead atoms. The van der Waals surface area contributed by atoms with Crippen LogP contribution in [0.15, 0.2) is 24.3 Å². The van der Waals surface area contributed by atoms with Gasteiger partial charge in [-0.3, -0.25) is 4.79 Å². The van der Waals surface area contributed by atoms with Gasteiger partial charge in [0.2, 0.25) is 5.91 Å². The number of anilines is 1. The molecule has 1 unspecified atom stereocenters. The normalized spacial score (nSPS) is 11.4. The summed E-state index contributed by atoms with van der Waals surface area (Å²) in [6.07, 6.45) is 2.78. The van der Waals surface area contributed by atoms with Gasteiger partial charge in [-0.25, -0.2) is 0 Å². The Hall–Kier alpha value is -0.870. The van der Waals surface area contributed by atoms with E-state index in [0.29, 0.717) is 6.54 Å². The van der Waals surface area contributed by atoms with Gasteiger partial charge in [-0.15, -0.1) is 12.4 Å². The van der Waals surface area contributed by atoms with Crippen LogP contribution in [0, 0.1) is 0 Å². The molecule has 5 heteroatoms. The van der Waals surface area contributed by atoms with Crippen molar-refractivity contribution in [3.63, 3.8) is 0 Å². The second kappa shape index (κ2) is 8.25. The Bertz CT molecular complexity index is 343. The summed E-state index contributed by atoms with van der Waals surface area (Å²) < 4.78 is 0. The summed E-state index contributed by atoms with van der Waals surface area (Å²) in [5.74, 6) is 0.0999. The Kier molecular flexibility index (Phi) is 7.83. The lowest BCUT2D eigenvalue weighted by Gasteiger charge is -2.09. The molecule has 17 heavy (non-hydrogen) atoms. The van der Waals surface area contributed by atoms with Crippen LogP contribution in [-0.4, -0.2) is 24.0 Å². The Balaban J connectivity index is 0.00000256. The van der Waals surface area contributed by atoms with Gasteiger partial charge in [0.25, 0.3) is 0 Å². The van der Waals surface area contributed by atoms with Crippen molar-refractivity contribution in [1.29, 1.82) is 0 Å². The standard InChI is InChI=1S/C12H18N2OS.ClH/c1-9(16-2)12(15)14-8-7-10-3-5-11(13)6-4-10;/h3-6,9H,7-8,13H2,1-2H3,(H,14,15);1H. The molecule has 3 nitrogen and oxygen atoms in total. The number of halogens is 1. The molecule has 1 rings (SSSR count). The molecule has 1 aromatic carbocycles. The number of hydrogen-bond acceptors (Lipinski definition) is 3. The lowest BCUT2D eigenvalue weighted by Crippen LogP contribution is -2.32. The monoisotopic (exact) mass is 274 g/mol. The largest absolute Gasteiger partial charge is 0.399 e. The first kappa shape index (κ1) is 16.1. The van der Waals surface area contributed by atoms with Gasteiger partial charge in [0.05, 0.1) is 5.25 Å². The maximum Gasteiger partial charge on any atom is 0.232 e. The van der Waals surface area contributed by atoms with Crippen molar-refractivity contribution >= 4 is 35.8 Å². The topological polar surface area (TPSA) is 55.1 Å². The predicted molar refractivity (Wildman–Crippen MR) is 77.8 cm³/mol. The molecule has 0 spiro atoms. The van der Waals surface area contributed by atoms with Crippen molar-refractivity contribution in [3.05, 3.63) is 29.8 Å². The zero-order chi connectivity index (χ0) is 12.0. The SMILES string of the molecule is CSC(C)C(=O)NCCc1ccc(N)cc1.Cl. The van der Waals surface area contributed by atoms with Crippen molar-refractivity contribution < 1.29 is 4.79 Å². The van der Waals surface area contributed by atoms with E-state index in [1.54, 1.807) is 11.8 Å². The molecule has 0 aliphatic rings. The Morgan fingerprint density at radius 1 is 1.41 bits per heavy atom. The van der Waals surface area contributed by atoms with E-state index in [4.69, 9.17) is 5.73 Å². The van der Waals surface area contributed by atoms with Gasteiger partial charge in [-0.2, -0.15) is 11.8 Å². The minimum absolute atomic E-state index is 0. The third-order valence-corrected chi connectivity index (χ3v) is 3.34. The van der Waals surface area contributed by atoms with Crippen molar-refractivity contribution in [1.82, 2.24) is 5.32 Å². The number of nitrogen functional groups attached to an aromatic ring is 1. The first-order valence-corrected chi connectivity index (χ1v) is 6.57. The molecule has 1 atom stereocenters. The van der Waals surface area contributed by atoms with Crippen LogP contribution in [0.1, 0.15) is 12.5 Å². The van der Waals surface area contributed by atoms with Crippen LogP contribution in [0.25, 0.3) is 0 Å². The van der Waals surface area contributed by atoms with Crippen LogP contribution < -0.4 is 11.1 Å². The van der Waals surface area contributed by atoms with Gasteiger partial charge in [0, 0.05) is 12.2 Å². The van der Waals surface area contributed by atoms with Crippen LogP contribution in [0.4, 0.5) is 5.69 Å². The second-order valence-corrected chi connectivity index (χ2v) is 4.84. The number of nitrogens with one attached hydrogen (secondary N) is 1. The molecule has 0 saturated carbocycles. The third kappa shape index (κ3) is 5.84. The van der Waals surface area contributed by atoms with Gasteiger partial charge in [-0.05, 0) is 37.3 Å². The van der Waals surface area contributed by atoms with Crippen LogP contribution in [0.3, 0.4) is 0 Å². The maximum atomic E-state index is 11.5. The molecule has 0 radical (unpaired) electrons. The number of carbonyl (C=O) groups is 1. The van der Waals surface area contributed by atoms with Crippen molar-refractivity contribution in [3.8, 4) is 0 Å². The summed E-state index contributed by atoms with van der Waals surface area (Å²) in [5, 5.41) is 2.93. The van der Waals surface area contributed by atoms with E-state index in [-0.39, 0.29) is 23.6 Å². The van der Waals surface area contributed by atoms with Gasteiger partial charge < -0.3 is 11.1 Å². The van der Waals surface area contributed by atoms with E-state index >= 15 is 0 Å². The number of benzene rings is 1. The average molecular weight is 275 g/mol. The summed E-state index contributed by atoms with van der Waals surface area (Å²) in [4.78, 5) is 11.5. The molecule has 96 valence electrons. The highest BCUT2D eigenvalue weighted by atomic mass is 35.5. The number of rotatable bonds is 5. The maximum absolute atomic E-state index is 11.5. The van der Waals surface area contributed by atoms with Crippen molar-refractivity contribution in [2.75, 3.05) is 18.5 Å². The van der Waals surface area contributed by atoms with Gasteiger partial charge >= 0.3 is 0 Å². The quantitative estimate of drug-likeness (QED) is 0.809. The van der Waals surface area contributed by atoms with E-state index in [2.05, 4.69) is 5.32 Å². The third-order valence-electron chi connectivity index (χ3n) is 2.42. The summed E-state index contributed by atoms with van der Waals surface area (Å²) >= 11 is 1.55. The molecule has 0 aliphatic heterocycles. The molecule has 0 heterocycles. The van der Waals surface area contributed by atoms with Crippen molar-refractivity contribution in [2.24, 2.45) is 0 Å². The van der Waals surface area contributed by atoms with Crippen LogP contribution in [0.2, 0.25) is 0 Å². The first-order chi connectivity index (χ1) is 7.63. The second-order valence-electron chi connectivity index (χ2n) is 3.66. The molecule has 0 fully saturated rings. The first-order valence-electron chi connectivity index (χ1n) is 5.28. The summed E-state index contributed by atoms with van der Waals surface area (Å²) in [7, 11) is 0. The fourth-order valence-corrected chi connectivity index (χ4v) is 1.56. The minimum atomic E-state index is 0. The lowest BCUT2D eigenvalue weighted by atomic mass is 10.1. The van der Waals surface area contributed by atoms with E-state index in [1.807, 2.05) is 37.4 Å². The summed E-state index contributed by atoms with van der Waals surface area (Å²) in [6.45, 7) is 2.58. The fraction of sp³-hybridized carbons (Fsp3) is 0.417. The molecule has 3 N–H and O–H groups in total. The zero-order valence-corrected chi connectivity index (χ0v) is 11.7. The van der Waals surface area contributed by atoms with E-state index in [0.717, 1.165) is 12.1 Å². The number of thioether (sulfide) groups is 1. The smallest absolute Gasteiger partial charge is 0.232 e. The molecular weight excluding hydrogens is 256 g/mol. The van der Waals surface area contributed by atoms with Gasteiger partial charge in [-0.1, -0.05) is 12.1 Å². The Morgan fingerprint density at radius 3 is 2.53 bits per heavy atom. The molecule has 0 saturated heterocycles. The highest BCUT2D eigenvalue weighted by molar-refractivity contribution is 7.99. The van der Waals surface area contributed by atoms with Crippen LogP contribution in [0.5, 0.6) is 0 Å². The average Bonchev–Trinajstić information content (AvgIpc) is 2.30. The van der Waals surface area contributed by atoms with Gasteiger partial charge in [0.15, 0.2) is 0 Å². The van der Waals surface area contributed by atoms with Crippen molar-refractivity contribution in [2.45, 2.75) is 18.6 Å². The summed E-state index contributed by atoms with van der Waals surface area (Å²) in [5.41, 5.74) is 7.54. The predicted octanol–water partition coefficient (Wildman–Crippen LogP) is 2.10.